The van der Waals surface area contributed by atoms with Crippen LogP contribution in [0.1, 0.15) is 57.8 Å². The molecule has 17 amide bonds. The van der Waals surface area contributed by atoms with Gasteiger partial charge in [0.15, 0.2) is 0 Å². The van der Waals surface area contributed by atoms with Gasteiger partial charge in [-0.3, -0.25) is 81.5 Å². The predicted octanol–water partition coefficient (Wildman–Crippen LogP) is -14.8. The van der Waals surface area contributed by atoms with E-state index in [1.165, 1.54) is 0 Å². The molecule has 0 aromatic carbocycles. The van der Waals surface area contributed by atoms with Crippen LogP contribution in [-0.4, -0.2) is 166 Å². The molecule has 0 radical (unpaired) electrons. The Bertz CT molecular complexity index is 2240. The van der Waals surface area contributed by atoms with Crippen LogP contribution in [0, 0.1) is 0 Å². The molecule has 0 bridgehead atoms. The predicted molar refractivity (Wildman–Crippen MR) is 235 cm³/mol. The molecule has 0 aliphatic rings. The number of carbonyl (C=O) groups is 18. The summed E-state index contributed by atoms with van der Waals surface area (Å²) in [5.41, 5.74) is 51.9. The molecule has 0 saturated heterocycles. The second-order valence-corrected chi connectivity index (χ2v) is 15.5. The number of aliphatic carboxylic acids is 1. The number of rotatable bonds is 35. The van der Waals surface area contributed by atoms with E-state index in [1.807, 2.05) is 42.5 Å². The summed E-state index contributed by atoms with van der Waals surface area (Å²) in [5.74, 6) is -25.0. The Kier molecular flexibility index (Phi) is 26.2. The van der Waals surface area contributed by atoms with Gasteiger partial charge in [0.2, 0.25) is 100 Å². The van der Waals surface area contributed by atoms with Gasteiger partial charge in [0.25, 0.3) is 0 Å². The van der Waals surface area contributed by atoms with Crippen molar-refractivity contribution in [2.45, 2.75) is 112 Å². The molecule has 9 atom stereocenters. The summed E-state index contributed by atoms with van der Waals surface area (Å²) in [4.78, 5) is 224. The van der Waals surface area contributed by atoms with Gasteiger partial charge in [-0.1, -0.05) is 0 Å². The molecule has 0 aliphatic carbocycles. The van der Waals surface area contributed by atoms with Crippen molar-refractivity contribution in [2.75, 3.05) is 0 Å². The van der Waals surface area contributed by atoms with Crippen LogP contribution in [0.3, 0.4) is 0 Å². The summed E-state index contributed by atoms with van der Waals surface area (Å²) in [6.45, 7) is 0. The molecule has 0 fully saturated rings. The lowest BCUT2D eigenvalue weighted by Gasteiger charge is -2.27. The van der Waals surface area contributed by atoms with E-state index >= 15 is 0 Å². The molecule has 29 N–H and O–H groups in total. The van der Waals surface area contributed by atoms with E-state index in [1.54, 1.807) is 0 Å². The highest BCUT2D eigenvalue weighted by Crippen LogP contribution is 2.06. The standard InChI is InChI=1S/C36H56N18O19/c37-10(1-19(38)55)28(64)47-11(2-20(39)56)29(65)48-12(3-21(40)57)30(66)49-13(4-22(41)58)31(67)50-14(5-23(42)59)32(68)51-15(6-24(43)60)33(69)52-16(7-25(44)61)34(70)53-17(8-26(45)62)35(71)54-18(36(72)73)9-27(46)63/h10-18H,1-9,37H2,(H2,38,55)(H2,39,56)(H2,40,57)(H2,41,58)(H2,42,59)(H2,43,60)(H2,44,61)(H2,45,62)(H2,46,63)(H,47,64)(H,48,65)(H,49,66)(H,50,67)(H,51,68)(H,52,69)(H,53,70)(H,54,71)(H,72,73)/t10-,11-,12-,13-,14-,15-,16-,17-,18-/m0/s1. The van der Waals surface area contributed by atoms with Crippen LogP contribution < -0.4 is 99.9 Å². The third kappa shape index (κ3) is 25.6. The number of hydrogen-bond donors (Lipinski definition) is 19. The maximum absolute atomic E-state index is 13.6. The molecule has 37 heteroatoms. The molecule has 0 saturated carbocycles. The average molecular weight is 1040 g/mol. The third-order valence-corrected chi connectivity index (χ3v) is 9.05. The number of amides is 17. The molecule has 0 rings (SSSR count). The Morgan fingerprint density at radius 3 is 0.534 bits per heavy atom. The highest BCUT2D eigenvalue weighted by molar-refractivity contribution is 6.03. The number of primary amides is 9. The number of nitrogens with two attached hydrogens (primary N) is 10. The van der Waals surface area contributed by atoms with E-state index in [0.29, 0.717) is 0 Å². The van der Waals surface area contributed by atoms with Gasteiger partial charge in [-0.15, -0.1) is 0 Å². The Morgan fingerprint density at radius 2 is 0.384 bits per heavy atom. The first-order chi connectivity index (χ1) is 33.6. The van der Waals surface area contributed by atoms with E-state index < -0.39 is 219 Å². The first-order valence-corrected chi connectivity index (χ1v) is 20.6. The van der Waals surface area contributed by atoms with Crippen LogP contribution in [0.15, 0.2) is 0 Å². The lowest BCUT2D eigenvalue weighted by Crippen LogP contribution is -2.61. The first kappa shape index (κ1) is 63.4. The number of carboxylic acids is 1. The molecule has 0 aliphatic heterocycles. The SMILES string of the molecule is NC(=O)C[C@H](NC(=O)[C@H](CC(N)=O)NC(=O)[C@H](CC(N)=O)NC(=O)[C@H](CC(N)=O)NC(=O)[C@H](CC(N)=O)NC(=O)[C@H](CC(N)=O)NC(=O)[C@H](CC(N)=O)NC(=O)[C@H](CC(N)=O)NC(=O)[C@@H](N)CC(N)=O)C(=O)O. The molecular weight excluding hydrogens is 989 g/mol. The second kappa shape index (κ2) is 30.1. The van der Waals surface area contributed by atoms with E-state index in [-0.39, 0.29) is 0 Å². The van der Waals surface area contributed by atoms with Crippen LogP contribution in [0.4, 0.5) is 0 Å². The summed E-state index contributed by atoms with van der Waals surface area (Å²) < 4.78 is 0. The lowest BCUT2D eigenvalue weighted by molar-refractivity contribution is -0.144. The molecule has 0 aromatic rings. The van der Waals surface area contributed by atoms with Crippen molar-refractivity contribution in [2.24, 2.45) is 57.3 Å². The van der Waals surface area contributed by atoms with Gasteiger partial charge in [-0.2, -0.15) is 0 Å². The fraction of sp³-hybridized carbons (Fsp3) is 0.500. The van der Waals surface area contributed by atoms with Crippen LogP contribution in [0.5, 0.6) is 0 Å². The minimum atomic E-state index is -2.22. The van der Waals surface area contributed by atoms with Crippen LogP contribution in [0.2, 0.25) is 0 Å². The van der Waals surface area contributed by atoms with Crippen molar-refractivity contribution < 1.29 is 91.4 Å². The Balaban J connectivity index is 6.74. The summed E-state index contributed by atoms with van der Waals surface area (Å²) in [6.07, 6.45) is -9.43. The second-order valence-electron chi connectivity index (χ2n) is 15.5. The van der Waals surface area contributed by atoms with Crippen molar-refractivity contribution in [1.82, 2.24) is 42.5 Å². The van der Waals surface area contributed by atoms with Crippen LogP contribution in [-0.2, 0) is 86.3 Å². The molecule has 73 heavy (non-hydrogen) atoms. The zero-order chi connectivity index (χ0) is 56.6. The fourth-order valence-electron chi connectivity index (χ4n) is 5.77. The van der Waals surface area contributed by atoms with Gasteiger partial charge in [-0.25, -0.2) is 4.79 Å². The molecule has 0 aromatic heterocycles. The smallest absolute Gasteiger partial charge is 0.326 e. The third-order valence-electron chi connectivity index (χ3n) is 9.05. The van der Waals surface area contributed by atoms with Gasteiger partial charge in [0.1, 0.15) is 48.3 Å². The van der Waals surface area contributed by atoms with Crippen molar-refractivity contribution in [3.8, 4) is 0 Å². The molecule has 404 valence electrons. The monoisotopic (exact) mass is 1040 g/mol. The number of nitrogens with one attached hydrogen (secondary N) is 8. The van der Waals surface area contributed by atoms with Gasteiger partial charge in [-0.05, 0) is 0 Å². The minimum absolute atomic E-state index is 0.729. The van der Waals surface area contributed by atoms with Crippen LogP contribution in [0.25, 0.3) is 0 Å². The number of carboxylic acid groups (broad SMARTS) is 1. The maximum atomic E-state index is 13.6. The van der Waals surface area contributed by atoms with Crippen molar-refractivity contribution in [3.63, 3.8) is 0 Å². The number of hydrogen-bond acceptors (Lipinski definition) is 19. The first-order valence-electron chi connectivity index (χ1n) is 20.6. The Hall–Kier alpha value is -9.58. The molecular formula is C36H56N18O19. The largest absolute Gasteiger partial charge is 0.480 e. The van der Waals surface area contributed by atoms with E-state index in [4.69, 9.17) is 57.3 Å². The van der Waals surface area contributed by atoms with Gasteiger partial charge in [0, 0.05) is 0 Å². The maximum Gasteiger partial charge on any atom is 0.326 e. The molecule has 0 unspecified atom stereocenters. The Morgan fingerprint density at radius 1 is 0.247 bits per heavy atom. The fourth-order valence-corrected chi connectivity index (χ4v) is 5.77. The summed E-state index contributed by atoms with van der Waals surface area (Å²) in [5, 5.41) is 24.7. The minimum Gasteiger partial charge on any atom is -0.480 e. The van der Waals surface area contributed by atoms with Gasteiger partial charge < -0.3 is 105 Å². The number of carbonyl (C=O) groups excluding carboxylic acids is 17. The van der Waals surface area contributed by atoms with Crippen molar-refractivity contribution >= 4 is 106 Å². The molecule has 0 spiro atoms. The Labute approximate surface area is 409 Å². The highest BCUT2D eigenvalue weighted by Gasteiger charge is 2.37. The van der Waals surface area contributed by atoms with Crippen molar-refractivity contribution in [3.05, 3.63) is 0 Å². The highest BCUT2D eigenvalue weighted by atomic mass is 16.4. The average Bonchev–Trinajstić information content (AvgIpc) is 3.22. The van der Waals surface area contributed by atoms with E-state index in [0.717, 1.165) is 0 Å². The molecule has 0 heterocycles. The zero-order valence-corrected chi connectivity index (χ0v) is 38.1. The summed E-state index contributed by atoms with van der Waals surface area (Å²) in [7, 11) is 0. The van der Waals surface area contributed by atoms with E-state index in [2.05, 4.69) is 0 Å². The summed E-state index contributed by atoms with van der Waals surface area (Å²) >= 11 is 0. The van der Waals surface area contributed by atoms with Gasteiger partial charge >= 0.3 is 5.97 Å². The summed E-state index contributed by atoms with van der Waals surface area (Å²) in [6, 6.07) is -18.5. The van der Waals surface area contributed by atoms with Crippen molar-refractivity contribution in [1.29, 1.82) is 0 Å². The lowest BCUT2D eigenvalue weighted by atomic mass is 10.1. The zero-order valence-electron chi connectivity index (χ0n) is 38.1. The topological polar surface area (TPSA) is 684 Å². The quantitative estimate of drug-likeness (QED) is 0.0280. The normalized spacial score (nSPS) is 14.3. The van der Waals surface area contributed by atoms with E-state index in [9.17, 15) is 91.4 Å². The van der Waals surface area contributed by atoms with Crippen LogP contribution >= 0.6 is 0 Å². The van der Waals surface area contributed by atoms with Gasteiger partial charge in [0.05, 0.1) is 63.8 Å². The molecule has 37 nitrogen and oxygen atoms in total.